The number of nitrogens with zero attached hydrogens (tertiary/aromatic N) is 2. The van der Waals surface area contributed by atoms with Crippen LogP contribution in [0.4, 0.5) is 16.4 Å². The largest absolute Gasteiger partial charge is 0.447 e. The van der Waals surface area contributed by atoms with Gasteiger partial charge in [0, 0.05) is 53.5 Å². The molecule has 9 nitrogen and oxygen atoms in total. The van der Waals surface area contributed by atoms with Crippen molar-refractivity contribution in [3.8, 4) is 10.4 Å². The number of alkyl carbamates (subject to hydrolysis) is 1. The normalized spacial score (nSPS) is 18.4. The monoisotopic (exact) mass is 531 g/mol. The maximum atomic E-state index is 13.2. The fraction of sp³-hybridized carbons (Fsp3) is 0.440. The average Bonchev–Trinajstić information content (AvgIpc) is 3.51. The first kappa shape index (κ1) is 26.2. The number of ether oxygens (including phenoxy) is 1. The van der Waals surface area contributed by atoms with Crippen molar-refractivity contribution in [1.29, 1.82) is 0 Å². The van der Waals surface area contributed by atoms with Crippen LogP contribution in [0, 0.1) is 0 Å². The zero-order valence-electron chi connectivity index (χ0n) is 20.9. The Labute approximate surface area is 216 Å². The van der Waals surface area contributed by atoms with E-state index in [4.69, 9.17) is 4.74 Å². The highest BCUT2D eigenvalue weighted by Crippen LogP contribution is 2.41. The molecule has 36 heavy (non-hydrogen) atoms. The molecule has 1 aromatic carbocycles. The highest BCUT2D eigenvalue weighted by Gasteiger charge is 2.27. The third kappa shape index (κ3) is 6.08. The summed E-state index contributed by atoms with van der Waals surface area (Å²) in [5, 5.41) is 6.08. The number of hydrogen-bond acceptors (Lipinski definition) is 7. The number of carbonyl (C=O) groups excluding carboxylic acids is 1. The molecule has 1 aliphatic rings. The second-order valence-corrected chi connectivity index (χ2v) is 12.6. The number of imidazole rings is 1. The Morgan fingerprint density at radius 1 is 1.17 bits per heavy atom. The summed E-state index contributed by atoms with van der Waals surface area (Å²) in [6, 6.07) is 9.59. The fourth-order valence-electron chi connectivity index (χ4n) is 4.34. The van der Waals surface area contributed by atoms with Crippen LogP contribution in [-0.4, -0.2) is 55.0 Å². The van der Waals surface area contributed by atoms with Crippen molar-refractivity contribution in [2.45, 2.75) is 62.5 Å². The zero-order chi connectivity index (χ0) is 25.9. The highest BCUT2D eigenvalue weighted by atomic mass is 32.2. The molecule has 194 valence electrons. The molecule has 11 heteroatoms. The molecule has 0 radical (unpaired) electrons. The van der Waals surface area contributed by atoms with Crippen LogP contribution in [0.25, 0.3) is 10.4 Å². The predicted molar refractivity (Wildman–Crippen MR) is 142 cm³/mol. The molecule has 0 aliphatic heterocycles. The molecule has 0 bridgehead atoms. The fourth-order valence-corrected chi connectivity index (χ4v) is 6.74. The topological polar surface area (TPSA) is 116 Å². The van der Waals surface area contributed by atoms with Crippen molar-refractivity contribution < 1.29 is 17.9 Å². The van der Waals surface area contributed by atoms with Gasteiger partial charge in [-0.05, 0) is 69.7 Å². The molecule has 2 heterocycles. The number of amides is 1. The van der Waals surface area contributed by atoms with E-state index in [9.17, 15) is 13.2 Å². The van der Waals surface area contributed by atoms with Gasteiger partial charge in [-0.25, -0.2) is 22.5 Å². The van der Waals surface area contributed by atoms with Gasteiger partial charge in [-0.2, -0.15) is 0 Å². The van der Waals surface area contributed by atoms with Crippen LogP contribution in [0.15, 0.2) is 47.6 Å². The van der Waals surface area contributed by atoms with Gasteiger partial charge in [0.2, 0.25) is 16.0 Å². The first-order chi connectivity index (χ1) is 17.1. The summed E-state index contributed by atoms with van der Waals surface area (Å²) in [5.74, 6) is 0.925. The Hall–Kier alpha value is -2.89. The van der Waals surface area contributed by atoms with Gasteiger partial charge >= 0.3 is 6.09 Å². The summed E-state index contributed by atoms with van der Waals surface area (Å²) in [5.41, 5.74) is 1.31. The van der Waals surface area contributed by atoms with Crippen LogP contribution in [-0.2, 0) is 14.8 Å². The standard InChI is InChI=1S/C25H33N5O4S2/c1-16(2)34-25(31)29-18-7-5-17(6-8-18)21-11-12-22(35-21)20-10-9-19(28-24-26-13-14-27-24)15-23(20)36(32,33)30(3)4/h9-18H,5-8H2,1-4H3,(H,29,31)(H2,26,27,28)/t17-,18-. The Balaban J connectivity index is 1.52. The maximum absolute atomic E-state index is 13.2. The summed E-state index contributed by atoms with van der Waals surface area (Å²) >= 11 is 1.64. The van der Waals surface area contributed by atoms with Gasteiger partial charge in [0.15, 0.2) is 0 Å². The lowest BCUT2D eigenvalue weighted by Crippen LogP contribution is -2.38. The Morgan fingerprint density at radius 3 is 2.56 bits per heavy atom. The number of aromatic nitrogens is 2. The number of nitrogens with one attached hydrogen (secondary N) is 3. The van der Waals surface area contributed by atoms with Gasteiger partial charge < -0.3 is 20.4 Å². The van der Waals surface area contributed by atoms with Crippen molar-refractivity contribution in [3.63, 3.8) is 0 Å². The molecule has 0 spiro atoms. The minimum Gasteiger partial charge on any atom is -0.447 e. The van der Waals surface area contributed by atoms with E-state index in [1.54, 1.807) is 29.8 Å². The van der Waals surface area contributed by atoms with E-state index in [2.05, 4.69) is 26.7 Å². The number of sulfonamides is 1. The third-order valence-electron chi connectivity index (χ3n) is 6.19. The number of rotatable bonds is 8. The number of hydrogen-bond donors (Lipinski definition) is 3. The summed E-state index contributed by atoms with van der Waals surface area (Å²) < 4.78 is 32.9. The lowest BCUT2D eigenvalue weighted by Gasteiger charge is -2.28. The molecule has 3 aromatic rings. The number of aromatic amines is 1. The molecule has 0 unspecified atom stereocenters. The number of H-pyrrole nitrogens is 1. The molecule has 1 saturated carbocycles. The van der Waals surface area contributed by atoms with Crippen molar-refractivity contribution in [2.24, 2.45) is 0 Å². The number of carbonyl (C=O) groups is 1. The Morgan fingerprint density at radius 2 is 1.92 bits per heavy atom. The van der Waals surface area contributed by atoms with Gasteiger partial charge in [-0.15, -0.1) is 11.3 Å². The van der Waals surface area contributed by atoms with E-state index in [0.29, 0.717) is 23.1 Å². The Bertz CT molecular complexity index is 1280. The summed E-state index contributed by atoms with van der Waals surface area (Å²) in [4.78, 5) is 21.4. The van der Waals surface area contributed by atoms with Gasteiger partial charge in [-0.3, -0.25) is 0 Å². The van der Waals surface area contributed by atoms with Crippen molar-refractivity contribution in [3.05, 3.63) is 47.6 Å². The molecule has 1 fully saturated rings. The first-order valence-electron chi connectivity index (χ1n) is 12.0. The first-order valence-corrected chi connectivity index (χ1v) is 14.3. The summed E-state index contributed by atoms with van der Waals surface area (Å²) in [6.07, 6.45) is 6.53. The Kier molecular flexibility index (Phi) is 8.01. The second kappa shape index (κ2) is 11.0. The molecule has 1 aliphatic carbocycles. The quantitative estimate of drug-likeness (QED) is 0.364. The van der Waals surface area contributed by atoms with Crippen LogP contribution in [0.3, 0.4) is 0 Å². The van der Waals surface area contributed by atoms with E-state index < -0.39 is 10.0 Å². The molecule has 3 N–H and O–H groups in total. The number of thiophene rings is 1. The minimum atomic E-state index is -3.68. The molecular formula is C25H33N5O4S2. The molecule has 4 rings (SSSR count). The molecular weight excluding hydrogens is 498 g/mol. The second-order valence-electron chi connectivity index (χ2n) is 9.41. The van der Waals surface area contributed by atoms with E-state index in [1.165, 1.54) is 23.3 Å². The van der Waals surface area contributed by atoms with Gasteiger partial charge in [0.1, 0.15) is 0 Å². The third-order valence-corrected chi connectivity index (χ3v) is 9.32. The lowest BCUT2D eigenvalue weighted by atomic mass is 9.85. The average molecular weight is 532 g/mol. The van der Waals surface area contributed by atoms with Gasteiger partial charge in [0.05, 0.1) is 11.0 Å². The minimum absolute atomic E-state index is 0.123. The van der Waals surface area contributed by atoms with Crippen LogP contribution >= 0.6 is 11.3 Å². The molecule has 0 saturated heterocycles. The van der Waals surface area contributed by atoms with Crippen molar-refractivity contribution in [2.75, 3.05) is 19.4 Å². The molecule has 1 amide bonds. The zero-order valence-corrected chi connectivity index (χ0v) is 22.6. The smallest absolute Gasteiger partial charge is 0.407 e. The van der Waals surface area contributed by atoms with Crippen molar-refractivity contribution in [1.82, 2.24) is 19.6 Å². The van der Waals surface area contributed by atoms with E-state index >= 15 is 0 Å². The van der Waals surface area contributed by atoms with E-state index in [0.717, 1.165) is 30.6 Å². The van der Waals surface area contributed by atoms with Crippen LogP contribution < -0.4 is 10.6 Å². The van der Waals surface area contributed by atoms with Gasteiger partial charge in [0.25, 0.3) is 0 Å². The van der Waals surface area contributed by atoms with Crippen LogP contribution in [0.1, 0.15) is 50.3 Å². The molecule has 0 atom stereocenters. The van der Waals surface area contributed by atoms with Crippen LogP contribution in [0.2, 0.25) is 0 Å². The predicted octanol–water partition coefficient (Wildman–Crippen LogP) is 5.29. The maximum Gasteiger partial charge on any atom is 0.407 e. The van der Waals surface area contributed by atoms with E-state index in [1.807, 2.05) is 32.0 Å². The van der Waals surface area contributed by atoms with Crippen molar-refractivity contribution >= 4 is 39.1 Å². The highest BCUT2D eigenvalue weighted by molar-refractivity contribution is 7.89. The van der Waals surface area contributed by atoms with Gasteiger partial charge in [-0.1, -0.05) is 6.07 Å². The lowest BCUT2D eigenvalue weighted by molar-refractivity contribution is 0.109. The molecule has 2 aromatic heterocycles. The summed E-state index contributed by atoms with van der Waals surface area (Å²) in [6.45, 7) is 3.67. The van der Waals surface area contributed by atoms with E-state index in [-0.39, 0.29) is 23.1 Å². The van der Waals surface area contributed by atoms with Crippen LogP contribution in [0.5, 0.6) is 0 Å². The number of anilines is 2. The SMILES string of the molecule is CC(C)OC(=O)N[C@H]1CC[C@H](c2ccc(-c3ccc(Nc4ncc[nH]4)cc3S(=O)(=O)N(C)C)s2)CC1. The number of benzene rings is 1. The summed E-state index contributed by atoms with van der Waals surface area (Å²) in [7, 11) is -0.610.